The summed E-state index contributed by atoms with van der Waals surface area (Å²) in [5, 5.41) is 0. The zero-order valence-corrected chi connectivity index (χ0v) is 15.6. The lowest BCUT2D eigenvalue weighted by Gasteiger charge is -2.23. The molecule has 0 radical (unpaired) electrons. The van der Waals surface area contributed by atoms with Gasteiger partial charge in [-0.05, 0) is 36.7 Å². The molecule has 0 amide bonds. The van der Waals surface area contributed by atoms with Gasteiger partial charge >= 0.3 is 0 Å². The largest absolute Gasteiger partial charge is 0.496 e. The van der Waals surface area contributed by atoms with Crippen molar-refractivity contribution in [3.8, 4) is 17.0 Å². The van der Waals surface area contributed by atoms with Gasteiger partial charge in [0.05, 0.1) is 19.0 Å². The van der Waals surface area contributed by atoms with Gasteiger partial charge < -0.3 is 9.30 Å². The molecule has 5 heteroatoms. The van der Waals surface area contributed by atoms with E-state index < -0.39 is 0 Å². The summed E-state index contributed by atoms with van der Waals surface area (Å²) in [5.74, 6) is 2.12. The Balaban J connectivity index is 1.37. The Morgan fingerprint density at radius 3 is 2.89 bits per heavy atom. The first-order chi connectivity index (χ1) is 13.3. The van der Waals surface area contributed by atoms with Crippen LogP contribution in [-0.2, 0) is 19.5 Å². The van der Waals surface area contributed by atoms with Crippen molar-refractivity contribution < 1.29 is 4.74 Å². The average molecular weight is 360 g/mol. The number of methoxy groups -OCH3 is 1. The van der Waals surface area contributed by atoms with Crippen LogP contribution in [0.5, 0.6) is 5.75 Å². The molecule has 3 aromatic rings. The zero-order valence-electron chi connectivity index (χ0n) is 15.6. The molecule has 4 heterocycles. The number of hydrogen-bond acceptors (Lipinski definition) is 4. The van der Waals surface area contributed by atoms with Crippen LogP contribution in [0.3, 0.4) is 0 Å². The van der Waals surface area contributed by atoms with E-state index in [0.29, 0.717) is 5.41 Å². The van der Waals surface area contributed by atoms with Gasteiger partial charge in [0.2, 0.25) is 0 Å². The molecular weight excluding hydrogens is 336 g/mol. The van der Waals surface area contributed by atoms with Crippen molar-refractivity contribution >= 4 is 0 Å². The Hall–Kier alpha value is -2.66. The number of nitrogens with zero attached hydrogens (tertiary/aromatic N) is 4. The number of fused-ring (bicyclic) bond motifs is 1. The molecule has 1 atom stereocenters. The van der Waals surface area contributed by atoms with Gasteiger partial charge in [0.25, 0.3) is 0 Å². The van der Waals surface area contributed by atoms with E-state index in [2.05, 4.69) is 32.7 Å². The molecular formula is C22H24N4O. The smallest absolute Gasteiger partial charge is 0.128 e. The van der Waals surface area contributed by atoms with Crippen LogP contribution in [-0.4, -0.2) is 39.6 Å². The highest BCUT2D eigenvalue weighted by atomic mass is 16.5. The molecule has 0 unspecified atom stereocenters. The van der Waals surface area contributed by atoms with Crippen molar-refractivity contribution in [3.63, 3.8) is 0 Å². The summed E-state index contributed by atoms with van der Waals surface area (Å²) in [4.78, 5) is 11.6. The molecule has 5 rings (SSSR count). The van der Waals surface area contributed by atoms with E-state index in [0.717, 1.165) is 43.9 Å². The summed E-state index contributed by atoms with van der Waals surface area (Å²) in [6.45, 7) is 4.29. The van der Waals surface area contributed by atoms with Crippen molar-refractivity contribution in [1.82, 2.24) is 19.4 Å². The molecule has 27 heavy (non-hydrogen) atoms. The first-order valence-corrected chi connectivity index (χ1v) is 9.55. The zero-order chi connectivity index (χ0) is 18.3. The molecule has 0 N–H and O–H groups in total. The lowest BCUT2D eigenvalue weighted by Crippen LogP contribution is -2.28. The maximum absolute atomic E-state index is 5.57. The normalized spacial score (nSPS) is 21.7. The minimum absolute atomic E-state index is 0.308. The molecule has 2 aliphatic heterocycles. The topological polar surface area (TPSA) is 43.2 Å². The minimum Gasteiger partial charge on any atom is -0.496 e. The summed E-state index contributed by atoms with van der Waals surface area (Å²) in [7, 11) is 1.73. The van der Waals surface area contributed by atoms with Crippen molar-refractivity contribution in [2.45, 2.75) is 25.9 Å². The van der Waals surface area contributed by atoms with E-state index in [4.69, 9.17) is 9.72 Å². The highest BCUT2D eigenvalue weighted by Gasteiger charge is 2.44. The molecule has 5 nitrogen and oxygen atoms in total. The summed E-state index contributed by atoms with van der Waals surface area (Å²) in [6.07, 6.45) is 8.10. The van der Waals surface area contributed by atoms with Gasteiger partial charge in [-0.2, -0.15) is 0 Å². The molecule has 1 aromatic carbocycles. The molecule has 1 fully saturated rings. The number of likely N-dealkylation sites (tertiary alicyclic amines) is 1. The van der Waals surface area contributed by atoms with E-state index in [-0.39, 0.29) is 0 Å². The van der Waals surface area contributed by atoms with E-state index in [1.54, 1.807) is 7.11 Å². The minimum atomic E-state index is 0.308. The molecule has 1 spiro atoms. The third kappa shape index (κ3) is 2.92. The number of aromatic nitrogens is 3. The highest BCUT2D eigenvalue weighted by molar-refractivity contribution is 5.67. The molecule has 0 aliphatic carbocycles. The van der Waals surface area contributed by atoms with E-state index >= 15 is 0 Å². The SMILES string of the molecule is COc1ccccc1-c1cnc2n1C[C@@]1(CCN(Cc3cccnc3)C1)C2. The fraction of sp³-hybridized carbons (Fsp3) is 0.364. The van der Waals surface area contributed by atoms with Crippen LogP contribution in [0.25, 0.3) is 11.3 Å². The van der Waals surface area contributed by atoms with Gasteiger partial charge in [-0.25, -0.2) is 4.98 Å². The second kappa shape index (κ2) is 6.50. The van der Waals surface area contributed by atoms with Crippen LogP contribution in [0.1, 0.15) is 17.8 Å². The van der Waals surface area contributed by atoms with Gasteiger partial charge in [-0.15, -0.1) is 0 Å². The van der Waals surface area contributed by atoms with Gasteiger partial charge in [0, 0.05) is 49.4 Å². The second-order valence-corrected chi connectivity index (χ2v) is 7.84. The van der Waals surface area contributed by atoms with E-state index in [9.17, 15) is 0 Å². The van der Waals surface area contributed by atoms with E-state index in [1.165, 1.54) is 23.5 Å². The van der Waals surface area contributed by atoms with Gasteiger partial charge in [0.15, 0.2) is 0 Å². The first kappa shape index (κ1) is 16.5. The van der Waals surface area contributed by atoms with Crippen LogP contribution >= 0.6 is 0 Å². The van der Waals surface area contributed by atoms with Crippen LogP contribution in [0.2, 0.25) is 0 Å². The lowest BCUT2D eigenvalue weighted by molar-refractivity contribution is 0.247. The van der Waals surface area contributed by atoms with Gasteiger partial charge in [-0.3, -0.25) is 9.88 Å². The number of imidazole rings is 1. The summed E-state index contributed by atoms with van der Waals surface area (Å²) >= 11 is 0. The van der Waals surface area contributed by atoms with Crippen LogP contribution in [0.15, 0.2) is 55.0 Å². The highest BCUT2D eigenvalue weighted by Crippen LogP contribution is 2.43. The van der Waals surface area contributed by atoms with Crippen molar-refractivity contribution in [1.29, 1.82) is 0 Å². The Morgan fingerprint density at radius 2 is 2.04 bits per heavy atom. The van der Waals surface area contributed by atoms with Crippen LogP contribution in [0, 0.1) is 5.41 Å². The molecule has 0 bridgehead atoms. The summed E-state index contributed by atoms with van der Waals surface area (Å²) < 4.78 is 7.98. The Morgan fingerprint density at radius 1 is 1.11 bits per heavy atom. The quantitative estimate of drug-likeness (QED) is 0.715. The lowest BCUT2D eigenvalue weighted by atomic mass is 9.86. The predicted octanol–water partition coefficient (Wildman–Crippen LogP) is 3.40. The number of para-hydroxylation sites is 1. The monoisotopic (exact) mass is 360 g/mol. The summed E-state index contributed by atoms with van der Waals surface area (Å²) in [6, 6.07) is 12.4. The fourth-order valence-corrected chi connectivity index (χ4v) is 4.72. The van der Waals surface area contributed by atoms with E-state index in [1.807, 2.05) is 36.8 Å². The fourth-order valence-electron chi connectivity index (χ4n) is 4.72. The molecule has 1 saturated heterocycles. The number of pyridine rings is 1. The maximum Gasteiger partial charge on any atom is 0.128 e. The maximum atomic E-state index is 5.57. The van der Waals surface area contributed by atoms with Crippen LogP contribution in [0.4, 0.5) is 0 Å². The van der Waals surface area contributed by atoms with Gasteiger partial charge in [0.1, 0.15) is 11.6 Å². The van der Waals surface area contributed by atoms with Crippen molar-refractivity contribution in [2.24, 2.45) is 5.41 Å². The Kier molecular flexibility index (Phi) is 3.97. The predicted molar refractivity (Wildman–Crippen MR) is 104 cm³/mol. The number of ether oxygens (including phenoxy) is 1. The van der Waals surface area contributed by atoms with Crippen molar-refractivity contribution in [3.05, 3.63) is 66.4 Å². The number of hydrogen-bond donors (Lipinski definition) is 0. The Bertz CT molecular complexity index is 952. The molecule has 2 aliphatic rings. The van der Waals surface area contributed by atoms with Gasteiger partial charge in [-0.1, -0.05) is 18.2 Å². The third-order valence-electron chi connectivity index (χ3n) is 5.99. The molecule has 138 valence electrons. The second-order valence-electron chi connectivity index (χ2n) is 7.84. The average Bonchev–Trinajstić information content (AvgIpc) is 3.37. The molecule has 0 saturated carbocycles. The standard InChI is InChI=1S/C22H24N4O/c1-27-20-7-3-2-6-18(20)19-13-24-21-11-22(16-26(19)21)8-10-25(15-22)14-17-5-4-9-23-12-17/h2-7,9,12-13H,8,10-11,14-16H2,1H3/t22-/m0/s1. The Labute approximate surface area is 159 Å². The summed E-state index contributed by atoms with van der Waals surface area (Å²) in [5.41, 5.74) is 3.90. The third-order valence-corrected chi connectivity index (χ3v) is 5.99. The molecule has 2 aromatic heterocycles. The number of rotatable bonds is 4. The van der Waals surface area contributed by atoms with Crippen LogP contribution < -0.4 is 4.74 Å². The van der Waals surface area contributed by atoms with Crippen molar-refractivity contribution in [2.75, 3.05) is 20.2 Å². The first-order valence-electron chi connectivity index (χ1n) is 9.55. The number of benzene rings is 1.